The van der Waals surface area contributed by atoms with E-state index in [1.54, 1.807) is 0 Å². The van der Waals surface area contributed by atoms with E-state index >= 15 is 0 Å². The number of aryl methyl sites for hydroxylation is 1. The molecule has 0 aliphatic heterocycles. The number of rotatable bonds is 3. The van der Waals surface area contributed by atoms with E-state index in [0.29, 0.717) is 12.0 Å². The molecule has 114 valence electrons. The monoisotopic (exact) mass is 305 g/mol. The Bertz CT molecular complexity index is 992. The van der Waals surface area contributed by atoms with Crippen molar-refractivity contribution >= 4 is 11.1 Å². The second-order valence-electron chi connectivity index (χ2n) is 5.48. The summed E-state index contributed by atoms with van der Waals surface area (Å²) in [4.78, 5) is 17.1. The van der Waals surface area contributed by atoms with Gasteiger partial charge in [0.05, 0.1) is 0 Å². The Morgan fingerprint density at radius 2 is 1.83 bits per heavy atom. The molecular weight excluding hydrogens is 290 g/mol. The summed E-state index contributed by atoms with van der Waals surface area (Å²) in [6.45, 7) is 1.89. The summed E-state index contributed by atoms with van der Waals surface area (Å²) in [7, 11) is 0. The van der Waals surface area contributed by atoms with Crippen molar-refractivity contribution in [1.82, 2.24) is 14.8 Å². The molecule has 0 atom stereocenters. The van der Waals surface area contributed by atoms with Crippen LogP contribution < -0.4 is 5.56 Å². The lowest BCUT2D eigenvalue weighted by atomic mass is 10.1. The van der Waals surface area contributed by atoms with E-state index < -0.39 is 0 Å². The lowest BCUT2D eigenvalue weighted by Gasteiger charge is -1.97. The number of aromatic nitrogens is 3. The molecule has 0 radical (unpaired) electrons. The van der Waals surface area contributed by atoms with Crippen LogP contribution in [0.25, 0.3) is 17.1 Å². The average Bonchev–Trinajstić information content (AvgIpc) is 3.12. The van der Waals surface area contributed by atoms with Gasteiger partial charge in [0.25, 0.3) is 5.56 Å². The summed E-state index contributed by atoms with van der Waals surface area (Å²) in [5, 5.41) is 3.06. The number of hydrogen-bond donors (Lipinski definition) is 1. The highest BCUT2D eigenvalue weighted by molar-refractivity contribution is 5.73. The number of para-hydroxylation sites is 2. The van der Waals surface area contributed by atoms with Crippen molar-refractivity contribution in [3.63, 3.8) is 0 Å². The predicted octanol–water partition coefficient (Wildman–Crippen LogP) is 3.21. The first-order valence-corrected chi connectivity index (χ1v) is 7.43. The summed E-state index contributed by atoms with van der Waals surface area (Å²) in [5.41, 5.74) is 3.89. The Balaban J connectivity index is 1.79. The van der Waals surface area contributed by atoms with Crippen LogP contribution in [-0.2, 0) is 6.42 Å². The van der Waals surface area contributed by atoms with Gasteiger partial charge in [-0.3, -0.25) is 9.89 Å². The number of H-pyrrole nitrogens is 1. The van der Waals surface area contributed by atoms with Gasteiger partial charge in [-0.05, 0) is 24.6 Å². The van der Waals surface area contributed by atoms with Crippen LogP contribution in [0.4, 0.5) is 0 Å². The second kappa shape index (κ2) is 5.28. The number of oxazole rings is 1. The van der Waals surface area contributed by atoms with Crippen LogP contribution in [-0.4, -0.2) is 14.8 Å². The molecule has 4 aromatic rings. The van der Waals surface area contributed by atoms with E-state index in [1.165, 1.54) is 4.68 Å². The molecule has 5 heteroatoms. The molecule has 0 spiro atoms. The van der Waals surface area contributed by atoms with E-state index in [0.717, 1.165) is 22.3 Å². The molecule has 2 heterocycles. The number of fused-ring (bicyclic) bond motifs is 1. The first-order chi connectivity index (χ1) is 11.2. The third-order valence-electron chi connectivity index (χ3n) is 3.89. The highest BCUT2D eigenvalue weighted by atomic mass is 16.4. The zero-order valence-corrected chi connectivity index (χ0v) is 12.6. The molecule has 0 fully saturated rings. The van der Waals surface area contributed by atoms with E-state index in [1.807, 2.05) is 61.5 Å². The smallest absolute Gasteiger partial charge is 0.325 e. The summed E-state index contributed by atoms with van der Waals surface area (Å²) in [5.74, 6) is 0. The second-order valence-corrected chi connectivity index (χ2v) is 5.48. The molecule has 5 nitrogen and oxygen atoms in total. The van der Waals surface area contributed by atoms with Crippen LogP contribution in [0.15, 0.2) is 63.8 Å². The van der Waals surface area contributed by atoms with Gasteiger partial charge in [0.2, 0.25) is 0 Å². The SMILES string of the molecule is Cc1[nH]n(-c2nc3ccccc3o2)c(=O)c1Cc1ccccc1. The van der Waals surface area contributed by atoms with Crippen molar-refractivity contribution in [2.75, 3.05) is 0 Å². The van der Waals surface area contributed by atoms with Crippen LogP contribution in [0, 0.1) is 6.92 Å². The summed E-state index contributed by atoms with van der Waals surface area (Å²) in [6, 6.07) is 17.6. The van der Waals surface area contributed by atoms with Gasteiger partial charge in [0.15, 0.2) is 5.58 Å². The Morgan fingerprint density at radius 3 is 2.61 bits per heavy atom. The van der Waals surface area contributed by atoms with Gasteiger partial charge in [-0.15, -0.1) is 0 Å². The molecule has 2 aromatic carbocycles. The zero-order valence-electron chi connectivity index (χ0n) is 12.6. The minimum atomic E-state index is -0.127. The van der Waals surface area contributed by atoms with Gasteiger partial charge in [-0.2, -0.15) is 9.67 Å². The van der Waals surface area contributed by atoms with E-state index in [9.17, 15) is 4.79 Å². The normalized spacial score (nSPS) is 11.2. The molecular formula is C18H15N3O2. The van der Waals surface area contributed by atoms with Gasteiger partial charge < -0.3 is 4.42 Å². The van der Waals surface area contributed by atoms with Crippen LogP contribution in [0.1, 0.15) is 16.8 Å². The predicted molar refractivity (Wildman–Crippen MR) is 87.9 cm³/mol. The van der Waals surface area contributed by atoms with Gasteiger partial charge in [-0.25, -0.2) is 0 Å². The molecule has 23 heavy (non-hydrogen) atoms. The minimum absolute atomic E-state index is 0.127. The van der Waals surface area contributed by atoms with E-state index in [2.05, 4.69) is 10.1 Å². The molecule has 0 amide bonds. The van der Waals surface area contributed by atoms with Crippen LogP contribution >= 0.6 is 0 Å². The third kappa shape index (κ3) is 2.36. The summed E-state index contributed by atoms with van der Waals surface area (Å²) < 4.78 is 7.04. The maximum absolute atomic E-state index is 12.7. The average molecular weight is 305 g/mol. The lowest BCUT2D eigenvalue weighted by Crippen LogP contribution is -2.17. The van der Waals surface area contributed by atoms with Crippen molar-refractivity contribution < 1.29 is 4.42 Å². The Labute approximate surface area is 132 Å². The van der Waals surface area contributed by atoms with Crippen molar-refractivity contribution in [2.45, 2.75) is 13.3 Å². The molecule has 0 unspecified atom stereocenters. The van der Waals surface area contributed by atoms with Crippen molar-refractivity contribution in [2.24, 2.45) is 0 Å². The number of hydrogen-bond acceptors (Lipinski definition) is 3. The van der Waals surface area contributed by atoms with E-state index in [4.69, 9.17) is 4.42 Å². The Hall–Kier alpha value is -3.08. The minimum Gasteiger partial charge on any atom is -0.422 e. The number of benzene rings is 2. The van der Waals surface area contributed by atoms with Crippen molar-refractivity contribution in [1.29, 1.82) is 0 Å². The molecule has 0 saturated heterocycles. The lowest BCUT2D eigenvalue weighted by molar-refractivity contribution is 0.535. The molecule has 1 N–H and O–H groups in total. The summed E-state index contributed by atoms with van der Waals surface area (Å²) >= 11 is 0. The Morgan fingerprint density at radius 1 is 1.09 bits per heavy atom. The zero-order chi connectivity index (χ0) is 15.8. The van der Waals surface area contributed by atoms with Gasteiger partial charge in [-0.1, -0.05) is 42.5 Å². The number of nitrogens with one attached hydrogen (secondary N) is 1. The summed E-state index contributed by atoms with van der Waals surface area (Å²) in [6.07, 6.45) is 0.579. The molecule has 0 aliphatic carbocycles. The highest BCUT2D eigenvalue weighted by Gasteiger charge is 2.16. The fraction of sp³-hybridized carbons (Fsp3) is 0.111. The largest absolute Gasteiger partial charge is 0.422 e. The Kier molecular flexibility index (Phi) is 3.12. The quantitative estimate of drug-likeness (QED) is 0.632. The van der Waals surface area contributed by atoms with E-state index in [-0.39, 0.29) is 11.6 Å². The van der Waals surface area contributed by atoms with Gasteiger partial charge >= 0.3 is 6.01 Å². The molecule has 4 rings (SSSR count). The van der Waals surface area contributed by atoms with Crippen LogP contribution in [0.5, 0.6) is 0 Å². The fourth-order valence-corrected chi connectivity index (χ4v) is 2.68. The van der Waals surface area contributed by atoms with Gasteiger partial charge in [0, 0.05) is 17.7 Å². The molecule has 2 aromatic heterocycles. The molecule has 0 saturated carbocycles. The first-order valence-electron chi connectivity index (χ1n) is 7.43. The number of nitrogens with zero attached hydrogens (tertiary/aromatic N) is 2. The van der Waals surface area contributed by atoms with Crippen LogP contribution in [0.2, 0.25) is 0 Å². The van der Waals surface area contributed by atoms with Crippen LogP contribution in [0.3, 0.4) is 0 Å². The number of aromatic amines is 1. The third-order valence-corrected chi connectivity index (χ3v) is 3.89. The standard InChI is InChI=1S/C18H15N3O2/c1-12-14(11-13-7-3-2-4-8-13)17(22)21(20-12)18-19-15-9-5-6-10-16(15)23-18/h2-10,20H,11H2,1H3. The molecule has 0 aliphatic rings. The highest BCUT2D eigenvalue weighted by Crippen LogP contribution is 2.17. The van der Waals surface area contributed by atoms with Crippen molar-refractivity contribution in [3.05, 3.63) is 81.8 Å². The van der Waals surface area contributed by atoms with Crippen molar-refractivity contribution in [3.8, 4) is 6.01 Å². The fourth-order valence-electron chi connectivity index (χ4n) is 2.68. The maximum Gasteiger partial charge on any atom is 0.325 e. The maximum atomic E-state index is 12.7. The topological polar surface area (TPSA) is 63.8 Å². The van der Waals surface area contributed by atoms with Gasteiger partial charge in [0.1, 0.15) is 5.52 Å². The molecule has 0 bridgehead atoms. The first kappa shape index (κ1) is 13.6.